The molecule has 1 unspecified atom stereocenters. The van der Waals surface area contributed by atoms with Gasteiger partial charge in [-0.2, -0.15) is 0 Å². The van der Waals surface area contributed by atoms with Gasteiger partial charge in [-0.25, -0.2) is 0 Å². The van der Waals surface area contributed by atoms with Crippen molar-refractivity contribution in [2.24, 2.45) is 5.92 Å². The van der Waals surface area contributed by atoms with E-state index in [4.69, 9.17) is 0 Å². The molecule has 0 radical (unpaired) electrons. The van der Waals surface area contributed by atoms with Crippen molar-refractivity contribution in [2.75, 3.05) is 39.8 Å². The molecule has 1 fully saturated rings. The third-order valence-electron chi connectivity index (χ3n) is 4.02. The molecule has 0 aromatic rings. The van der Waals surface area contributed by atoms with E-state index in [0.717, 1.165) is 52.0 Å². The van der Waals surface area contributed by atoms with Crippen molar-refractivity contribution >= 4 is 24.2 Å². The lowest BCUT2D eigenvalue weighted by Crippen LogP contribution is -2.35. The number of nitrogens with one attached hydrogen (secondary N) is 1. The normalized spacial score (nSPS) is 17.2. The van der Waals surface area contributed by atoms with Crippen molar-refractivity contribution in [3.05, 3.63) is 0 Å². The molecule has 2 amide bonds. The van der Waals surface area contributed by atoms with Gasteiger partial charge in [-0.1, -0.05) is 13.8 Å². The molecule has 1 N–H and O–H groups in total. The summed E-state index contributed by atoms with van der Waals surface area (Å²) in [5, 5.41) is 3.16. The summed E-state index contributed by atoms with van der Waals surface area (Å²) in [7, 11) is 1.94. The number of nitrogens with zero attached hydrogens (tertiary/aromatic N) is 2. The first-order valence-electron chi connectivity index (χ1n) is 8.32. The molecule has 130 valence electrons. The zero-order chi connectivity index (χ0) is 15.7. The minimum atomic E-state index is 0. The van der Waals surface area contributed by atoms with Crippen LogP contribution in [0.15, 0.2) is 0 Å². The number of carbonyl (C=O) groups excluding carboxylic acids is 2. The molecule has 0 bridgehead atoms. The van der Waals surface area contributed by atoms with Gasteiger partial charge >= 0.3 is 0 Å². The first kappa shape index (κ1) is 21.2. The molecule has 6 heteroatoms. The van der Waals surface area contributed by atoms with Crippen molar-refractivity contribution in [3.8, 4) is 0 Å². The van der Waals surface area contributed by atoms with Gasteiger partial charge in [0.15, 0.2) is 0 Å². The van der Waals surface area contributed by atoms with E-state index >= 15 is 0 Å². The van der Waals surface area contributed by atoms with Gasteiger partial charge in [0, 0.05) is 39.0 Å². The summed E-state index contributed by atoms with van der Waals surface area (Å²) in [5.74, 6) is 0.819. The lowest BCUT2D eigenvalue weighted by Gasteiger charge is -2.22. The van der Waals surface area contributed by atoms with E-state index in [9.17, 15) is 9.59 Å². The van der Waals surface area contributed by atoms with Crippen LogP contribution in [-0.2, 0) is 9.59 Å². The molecule has 1 saturated heterocycles. The first-order chi connectivity index (χ1) is 10.1. The highest BCUT2D eigenvalue weighted by Crippen LogP contribution is 2.17. The molecule has 1 aliphatic heterocycles. The van der Waals surface area contributed by atoms with Gasteiger partial charge in [0.05, 0.1) is 0 Å². The van der Waals surface area contributed by atoms with Gasteiger partial charge in [0.1, 0.15) is 0 Å². The fourth-order valence-corrected chi connectivity index (χ4v) is 2.95. The molecule has 1 atom stereocenters. The maximum Gasteiger partial charge on any atom is 0.223 e. The number of hydrogen-bond donors (Lipinski definition) is 1. The van der Waals surface area contributed by atoms with Crippen LogP contribution in [0, 0.1) is 5.92 Å². The topological polar surface area (TPSA) is 52.7 Å². The molecule has 0 spiro atoms. The fraction of sp³-hybridized carbons (Fsp3) is 0.875. The Morgan fingerprint density at radius 1 is 1.18 bits per heavy atom. The Kier molecular flexibility index (Phi) is 11.3. The largest absolute Gasteiger partial charge is 0.343 e. The molecule has 0 saturated carbocycles. The monoisotopic (exact) mass is 333 g/mol. The number of rotatable bonds is 9. The predicted molar refractivity (Wildman–Crippen MR) is 92.3 cm³/mol. The second kappa shape index (κ2) is 11.7. The number of hydrogen-bond acceptors (Lipinski definition) is 3. The Labute approximate surface area is 141 Å². The summed E-state index contributed by atoms with van der Waals surface area (Å²) in [6.07, 6.45) is 3.72. The number of likely N-dealkylation sites (tertiary alicyclic amines) is 1. The number of carbonyl (C=O) groups is 2. The average molecular weight is 334 g/mol. The fourth-order valence-electron chi connectivity index (χ4n) is 2.95. The highest BCUT2D eigenvalue weighted by atomic mass is 35.5. The summed E-state index contributed by atoms with van der Waals surface area (Å²) in [6, 6.07) is 0. The van der Waals surface area contributed by atoms with Crippen LogP contribution in [0.5, 0.6) is 0 Å². The van der Waals surface area contributed by atoms with Gasteiger partial charge in [0.25, 0.3) is 0 Å². The lowest BCUT2D eigenvalue weighted by molar-refractivity contribution is -0.136. The molecule has 22 heavy (non-hydrogen) atoms. The second-order valence-corrected chi connectivity index (χ2v) is 5.93. The molecule has 0 aliphatic carbocycles. The third kappa shape index (κ3) is 6.97. The van der Waals surface area contributed by atoms with Gasteiger partial charge in [-0.15, -0.1) is 12.4 Å². The Hall–Kier alpha value is -0.810. The van der Waals surface area contributed by atoms with Gasteiger partial charge < -0.3 is 15.1 Å². The molecular weight excluding hydrogens is 302 g/mol. The van der Waals surface area contributed by atoms with Crippen LogP contribution in [0.2, 0.25) is 0 Å². The van der Waals surface area contributed by atoms with Gasteiger partial charge in [0.2, 0.25) is 11.8 Å². The van der Waals surface area contributed by atoms with Gasteiger partial charge in [-0.05, 0) is 38.8 Å². The van der Waals surface area contributed by atoms with Crippen LogP contribution in [0.3, 0.4) is 0 Å². The van der Waals surface area contributed by atoms with E-state index in [1.165, 1.54) is 0 Å². The SMILES string of the molecule is CCCN(CCC)C(=O)CCC(=O)N1CCC(CNC)C1.Cl. The number of amides is 2. The molecule has 1 aliphatic rings. The van der Waals surface area contributed by atoms with Crippen LogP contribution < -0.4 is 5.32 Å². The summed E-state index contributed by atoms with van der Waals surface area (Å²) in [5.41, 5.74) is 0. The highest BCUT2D eigenvalue weighted by molar-refractivity contribution is 5.85. The van der Waals surface area contributed by atoms with Crippen LogP contribution >= 0.6 is 12.4 Å². The van der Waals surface area contributed by atoms with Crippen LogP contribution in [0.25, 0.3) is 0 Å². The molecule has 5 nitrogen and oxygen atoms in total. The van der Waals surface area contributed by atoms with Gasteiger partial charge in [-0.3, -0.25) is 9.59 Å². The zero-order valence-corrected chi connectivity index (χ0v) is 15.1. The van der Waals surface area contributed by atoms with Crippen molar-refractivity contribution in [3.63, 3.8) is 0 Å². The Bertz CT molecular complexity index is 333. The molecule has 1 heterocycles. The summed E-state index contributed by atoms with van der Waals surface area (Å²) < 4.78 is 0. The Balaban J connectivity index is 0.00000441. The van der Waals surface area contributed by atoms with Crippen LogP contribution in [0.4, 0.5) is 0 Å². The smallest absolute Gasteiger partial charge is 0.223 e. The summed E-state index contributed by atoms with van der Waals surface area (Å²) in [6.45, 7) is 8.39. The van der Waals surface area contributed by atoms with Crippen molar-refractivity contribution < 1.29 is 9.59 Å². The summed E-state index contributed by atoms with van der Waals surface area (Å²) >= 11 is 0. The average Bonchev–Trinajstić information content (AvgIpc) is 2.93. The van der Waals surface area contributed by atoms with Crippen molar-refractivity contribution in [1.29, 1.82) is 0 Å². The van der Waals surface area contributed by atoms with E-state index in [2.05, 4.69) is 19.2 Å². The standard InChI is InChI=1S/C16H31N3O2.ClH/c1-4-9-18(10-5-2)15(20)6-7-16(21)19-11-8-14(13-19)12-17-3;/h14,17H,4-13H2,1-3H3;1H. The highest BCUT2D eigenvalue weighted by Gasteiger charge is 2.26. The quantitative estimate of drug-likeness (QED) is 0.701. The Morgan fingerprint density at radius 3 is 2.36 bits per heavy atom. The molecule has 1 rings (SSSR count). The lowest BCUT2D eigenvalue weighted by atomic mass is 10.1. The van der Waals surface area contributed by atoms with E-state index in [-0.39, 0.29) is 24.2 Å². The molecule has 0 aromatic carbocycles. The van der Waals surface area contributed by atoms with Crippen LogP contribution in [0.1, 0.15) is 46.0 Å². The van der Waals surface area contributed by atoms with E-state index < -0.39 is 0 Å². The maximum absolute atomic E-state index is 12.2. The van der Waals surface area contributed by atoms with Crippen LogP contribution in [-0.4, -0.2) is 61.4 Å². The molecule has 0 aromatic heterocycles. The zero-order valence-electron chi connectivity index (χ0n) is 14.3. The van der Waals surface area contributed by atoms with Crippen molar-refractivity contribution in [1.82, 2.24) is 15.1 Å². The van der Waals surface area contributed by atoms with E-state index in [0.29, 0.717) is 18.8 Å². The Morgan fingerprint density at radius 2 is 1.82 bits per heavy atom. The van der Waals surface area contributed by atoms with E-state index in [1.807, 2.05) is 16.8 Å². The number of halogens is 1. The maximum atomic E-state index is 12.2. The first-order valence-corrected chi connectivity index (χ1v) is 8.32. The van der Waals surface area contributed by atoms with Crippen molar-refractivity contribution in [2.45, 2.75) is 46.0 Å². The predicted octanol–water partition coefficient (Wildman–Crippen LogP) is 1.90. The summed E-state index contributed by atoms with van der Waals surface area (Å²) in [4.78, 5) is 28.1. The minimum absolute atomic E-state index is 0. The third-order valence-corrected chi connectivity index (χ3v) is 4.02. The minimum Gasteiger partial charge on any atom is -0.343 e. The van der Waals surface area contributed by atoms with E-state index in [1.54, 1.807) is 0 Å². The molecular formula is C16H32ClN3O2. The second-order valence-electron chi connectivity index (χ2n) is 5.93.